The first-order chi connectivity index (χ1) is 18.9. The van der Waals surface area contributed by atoms with E-state index in [1.54, 1.807) is 0 Å². The van der Waals surface area contributed by atoms with E-state index in [2.05, 4.69) is 29.8 Å². The van der Waals surface area contributed by atoms with Crippen LogP contribution in [0.25, 0.3) is 0 Å². The zero-order chi connectivity index (χ0) is 30.6. The number of piperidine rings is 1. The maximum Gasteiger partial charge on any atom is 0.316 e. The molecule has 0 aromatic carbocycles. The Hall–Kier alpha value is -2.98. The Bertz CT molecular complexity index is 1120. The van der Waals surface area contributed by atoms with Crippen molar-refractivity contribution in [1.29, 1.82) is 0 Å². The van der Waals surface area contributed by atoms with Gasteiger partial charge in [-0.05, 0) is 53.8 Å². The van der Waals surface area contributed by atoms with E-state index in [0.29, 0.717) is 13.0 Å². The van der Waals surface area contributed by atoms with Gasteiger partial charge in [0.15, 0.2) is 5.78 Å². The second kappa shape index (κ2) is 11.0. The summed E-state index contributed by atoms with van der Waals surface area (Å²) in [5.41, 5.74) is 4.39. The average Bonchev–Trinajstić information content (AvgIpc) is 3.80. The van der Waals surface area contributed by atoms with Gasteiger partial charge < -0.3 is 26.6 Å². The standard InChI is InChI=1S/C30H47N5O6/c1-14(2)20(22(36)16-10-11-16)33-28(41)34-24(29(3,4)5)27(40)35-13-17-19(30(17,6)7)21(35)26(39)32-18(12-15-8-9-15)23(37)25(31)38/h14-21,24H,8-13H2,1-7H3,(H2,31,38)(H,32,39)(H2,33,34,41)/t17-,18?,19-,20-,21-,24+/m0/s1. The number of likely N-dealkylation sites (tertiary alicyclic amines) is 1. The third-order valence-electron chi connectivity index (χ3n) is 9.53. The number of ketones is 2. The molecule has 1 aliphatic heterocycles. The lowest BCUT2D eigenvalue weighted by Gasteiger charge is -2.38. The molecular weight excluding hydrogens is 526 g/mol. The molecule has 6 atom stereocenters. The second-order valence-electron chi connectivity index (χ2n) is 14.7. The lowest BCUT2D eigenvalue weighted by molar-refractivity contribution is -0.145. The smallest absolute Gasteiger partial charge is 0.316 e. The number of fused-ring (bicyclic) bond motifs is 1. The first-order valence-electron chi connectivity index (χ1n) is 15.0. The molecule has 0 aromatic heterocycles. The van der Waals surface area contributed by atoms with E-state index >= 15 is 0 Å². The van der Waals surface area contributed by atoms with Gasteiger partial charge in [0.05, 0.1) is 12.1 Å². The molecule has 4 aliphatic rings. The maximum absolute atomic E-state index is 14.1. The van der Waals surface area contributed by atoms with E-state index in [0.717, 1.165) is 25.7 Å². The van der Waals surface area contributed by atoms with Gasteiger partial charge in [-0.25, -0.2) is 4.79 Å². The highest BCUT2D eigenvalue weighted by molar-refractivity contribution is 6.37. The molecule has 4 fully saturated rings. The minimum absolute atomic E-state index is 0.0126. The van der Waals surface area contributed by atoms with Crippen molar-refractivity contribution in [3.8, 4) is 0 Å². The number of nitrogens with one attached hydrogen (secondary N) is 3. The van der Waals surface area contributed by atoms with E-state index in [1.807, 2.05) is 34.6 Å². The summed E-state index contributed by atoms with van der Waals surface area (Å²) in [6.07, 6.45) is 3.86. The summed E-state index contributed by atoms with van der Waals surface area (Å²) in [6, 6.07) is -4.10. The molecule has 3 aliphatic carbocycles. The predicted octanol–water partition coefficient (Wildman–Crippen LogP) is 1.53. The average molecular weight is 574 g/mol. The number of nitrogens with zero attached hydrogens (tertiary/aromatic N) is 1. The molecule has 1 heterocycles. The monoisotopic (exact) mass is 573 g/mol. The number of nitrogens with two attached hydrogens (primary N) is 1. The summed E-state index contributed by atoms with van der Waals surface area (Å²) < 4.78 is 0. The molecule has 11 nitrogen and oxygen atoms in total. The van der Waals surface area contributed by atoms with Gasteiger partial charge in [0, 0.05) is 12.5 Å². The van der Waals surface area contributed by atoms with Gasteiger partial charge in [-0.1, -0.05) is 61.3 Å². The Morgan fingerprint density at radius 1 is 0.951 bits per heavy atom. The van der Waals surface area contributed by atoms with E-state index in [4.69, 9.17) is 5.73 Å². The van der Waals surface area contributed by atoms with Gasteiger partial charge in [-0.2, -0.15) is 0 Å². The lowest BCUT2D eigenvalue weighted by Crippen LogP contribution is -2.62. The number of carbonyl (C=O) groups excluding carboxylic acids is 6. The van der Waals surface area contributed by atoms with Crippen LogP contribution in [-0.2, 0) is 24.0 Å². The Morgan fingerprint density at radius 3 is 2.05 bits per heavy atom. The van der Waals surface area contributed by atoms with E-state index in [9.17, 15) is 28.8 Å². The Kier molecular flexibility index (Phi) is 8.32. The quantitative estimate of drug-likeness (QED) is 0.258. The molecule has 0 radical (unpaired) electrons. The Labute approximate surface area is 242 Å². The van der Waals surface area contributed by atoms with Gasteiger partial charge in [-0.3, -0.25) is 24.0 Å². The summed E-state index contributed by atoms with van der Waals surface area (Å²) in [4.78, 5) is 79.5. The van der Waals surface area contributed by atoms with Crippen LogP contribution in [0.2, 0.25) is 0 Å². The molecule has 1 unspecified atom stereocenters. The minimum atomic E-state index is -1.09. The molecule has 1 saturated heterocycles. The molecule has 4 rings (SSSR count). The van der Waals surface area contributed by atoms with Crippen molar-refractivity contribution in [2.75, 3.05) is 6.54 Å². The molecule has 0 spiro atoms. The summed E-state index contributed by atoms with van der Waals surface area (Å²) in [6.45, 7) is 13.7. The Morgan fingerprint density at radius 2 is 1.56 bits per heavy atom. The topological polar surface area (TPSA) is 168 Å². The molecule has 228 valence electrons. The molecular formula is C30H47N5O6. The summed E-state index contributed by atoms with van der Waals surface area (Å²) in [5.74, 6) is -2.70. The van der Waals surface area contributed by atoms with Gasteiger partial charge in [0.2, 0.25) is 17.6 Å². The van der Waals surface area contributed by atoms with E-state index < -0.39 is 59.1 Å². The van der Waals surface area contributed by atoms with Crippen LogP contribution in [-0.4, -0.2) is 70.9 Å². The molecule has 5 N–H and O–H groups in total. The zero-order valence-corrected chi connectivity index (χ0v) is 25.4. The van der Waals surface area contributed by atoms with Crippen molar-refractivity contribution < 1.29 is 28.8 Å². The van der Waals surface area contributed by atoms with Crippen molar-refractivity contribution in [3.05, 3.63) is 0 Å². The number of primary amides is 1. The lowest BCUT2D eigenvalue weighted by atomic mass is 9.85. The van der Waals surface area contributed by atoms with Crippen molar-refractivity contribution in [3.63, 3.8) is 0 Å². The number of rotatable bonds is 12. The third-order valence-corrected chi connectivity index (χ3v) is 9.53. The zero-order valence-electron chi connectivity index (χ0n) is 25.4. The maximum atomic E-state index is 14.1. The van der Waals surface area contributed by atoms with Gasteiger partial charge in [0.25, 0.3) is 5.91 Å². The molecule has 0 aromatic rings. The van der Waals surface area contributed by atoms with Crippen molar-refractivity contribution in [2.45, 2.75) is 105 Å². The first-order valence-corrected chi connectivity index (χ1v) is 15.0. The second-order valence-corrected chi connectivity index (χ2v) is 14.7. The number of amides is 5. The molecule has 41 heavy (non-hydrogen) atoms. The SMILES string of the molecule is CC(C)[C@H](NC(=O)N[C@H](C(=O)N1C[C@H]2[C@@H]([C@H]1C(=O)NC(CC1CC1)C(=O)C(N)=O)C2(C)C)C(C)(C)C)C(=O)C1CC1. The fourth-order valence-corrected chi connectivity index (χ4v) is 6.48. The highest BCUT2D eigenvalue weighted by Crippen LogP contribution is 2.65. The van der Waals surface area contributed by atoms with Crippen LogP contribution in [0.5, 0.6) is 0 Å². The fraction of sp³-hybridized carbons (Fsp3) is 0.800. The molecule has 0 bridgehead atoms. The van der Waals surface area contributed by atoms with Crippen LogP contribution in [0.1, 0.15) is 80.6 Å². The predicted molar refractivity (Wildman–Crippen MR) is 151 cm³/mol. The molecule has 5 amide bonds. The minimum Gasteiger partial charge on any atom is -0.363 e. The summed E-state index contributed by atoms with van der Waals surface area (Å²) in [7, 11) is 0. The van der Waals surface area contributed by atoms with Crippen LogP contribution in [0.3, 0.4) is 0 Å². The van der Waals surface area contributed by atoms with Crippen LogP contribution in [0, 0.1) is 40.4 Å². The van der Waals surface area contributed by atoms with Gasteiger partial charge in [0.1, 0.15) is 12.1 Å². The summed E-state index contributed by atoms with van der Waals surface area (Å²) in [5, 5.41) is 8.36. The highest BCUT2D eigenvalue weighted by atomic mass is 16.2. The summed E-state index contributed by atoms with van der Waals surface area (Å²) >= 11 is 0. The van der Waals surface area contributed by atoms with E-state index in [-0.39, 0.29) is 40.8 Å². The number of carbonyl (C=O) groups is 6. The van der Waals surface area contributed by atoms with E-state index in [1.165, 1.54) is 4.90 Å². The van der Waals surface area contributed by atoms with Crippen LogP contribution >= 0.6 is 0 Å². The van der Waals surface area contributed by atoms with Crippen molar-refractivity contribution in [2.24, 2.45) is 46.2 Å². The largest absolute Gasteiger partial charge is 0.363 e. The van der Waals surface area contributed by atoms with Crippen molar-refractivity contribution >= 4 is 35.3 Å². The molecule has 3 saturated carbocycles. The number of urea groups is 1. The first kappa shape index (κ1) is 31.0. The van der Waals surface area contributed by atoms with Gasteiger partial charge >= 0.3 is 6.03 Å². The Balaban J connectivity index is 1.52. The fourth-order valence-electron chi connectivity index (χ4n) is 6.48. The van der Waals surface area contributed by atoms with Crippen LogP contribution in [0.15, 0.2) is 0 Å². The third kappa shape index (κ3) is 6.59. The van der Waals surface area contributed by atoms with Crippen LogP contribution in [0.4, 0.5) is 4.79 Å². The van der Waals surface area contributed by atoms with Crippen LogP contribution < -0.4 is 21.7 Å². The number of Topliss-reactive ketones (excluding diaryl/α,β-unsaturated/α-hetero) is 2. The van der Waals surface area contributed by atoms with Crippen molar-refractivity contribution in [1.82, 2.24) is 20.9 Å². The number of hydrogen-bond acceptors (Lipinski definition) is 6. The number of hydrogen-bond donors (Lipinski definition) is 4. The van der Waals surface area contributed by atoms with Gasteiger partial charge in [-0.15, -0.1) is 0 Å². The normalized spacial score (nSPS) is 26.8. The highest BCUT2D eigenvalue weighted by Gasteiger charge is 2.70. The molecule has 11 heteroatoms.